The van der Waals surface area contributed by atoms with Gasteiger partial charge in [0.05, 0.1) is 5.92 Å². The Morgan fingerprint density at radius 3 is 2.38 bits per heavy atom. The van der Waals surface area contributed by atoms with E-state index in [0.717, 1.165) is 23.2 Å². The molecule has 0 radical (unpaired) electrons. The summed E-state index contributed by atoms with van der Waals surface area (Å²) in [5, 5.41) is 13.5. The van der Waals surface area contributed by atoms with Crippen LogP contribution in [0.2, 0.25) is 10.0 Å². The fourth-order valence-corrected chi connectivity index (χ4v) is 3.84. The molecule has 6 heteroatoms. The average Bonchev–Trinajstić information content (AvgIpc) is 3.47. The van der Waals surface area contributed by atoms with Gasteiger partial charge in [-0.15, -0.1) is 0 Å². The Kier molecular flexibility index (Phi) is 5.65. The molecule has 3 aromatic carbocycles. The van der Waals surface area contributed by atoms with Crippen molar-refractivity contribution in [2.45, 2.75) is 18.9 Å². The third kappa shape index (κ3) is 5.03. The number of carboxylic acid groups (broad SMARTS) is 1. The summed E-state index contributed by atoms with van der Waals surface area (Å²) < 4.78 is 5.87. The summed E-state index contributed by atoms with van der Waals surface area (Å²) in [6.07, 6.45) is 0.729. The Morgan fingerprint density at radius 2 is 1.72 bits per heavy atom. The van der Waals surface area contributed by atoms with E-state index in [1.54, 1.807) is 18.2 Å². The standard InChI is InChI=1S/C23H19Cl2NO3/c24-16-9-17(25)11-20(10-16)29-19-3-1-2-14(8-19)13-26-18-6-4-15(5-7-18)21-12-22(21)23(27)28/h1-11,21-22,26H,12-13H2,(H,27,28). The van der Waals surface area contributed by atoms with Crippen LogP contribution in [-0.4, -0.2) is 11.1 Å². The van der Waals surface area contributed by atoms with Crippen molar-refractivity contribution < 1.29 is 14.6 Å². The van der Waals surface area contributed by atoms with Crippen molar-refractivity contribution in [3.05, 3.63) is 87.9 Å². The summed E-state index contributed by atoms with van der Waals surface area (Å²) in [5.41, 5.74) is 3.13. The van der Waals surface area contributed by atoms with E-state index in [1.807, 2.05) is 48.5 Å². The van der Waals surface area contributed by atoms with Crippen LogP contribution in [0.5, 0.6) is 11.5 Å². The Labute approximate surface area is 179 Å². The van der Waals surface area contributed by atoms with Crippen molar-refractivity contribution in [1.82, 2.24) is 0 Å². The first kappa shape index (κ1) is 19.6. The third-order valence-corrected chi connectivity index (χ3v) is 5.35. The molecule has 1 saturated carbocycles. The van der Waals surface area contributed by atoms with Gasteiger partial charge in [0, 0.05) is 22.3 Å². The van der Waals surface area contributed by atoms with E-state index >= 15 is 0 Å². The summed E-state index contributed by atoms with van der Waals surface area (Å²) >= 11 is 12.0. The van der Waals surface area contributed by atoms with E-state index in [1.165, 1.54) is 0 Å². The number of nitrogens with one attached hydrogen (secondary N) is 1. The van der Waals surface area contributed by atoms with Crippen molar-refractivity contribution >= 4 is 34.9 Å². The molecule has 0 spiro atoms. The quantitative estimate of drug-likeness (QED) is 0.446. The van der Waals surface area contributed by atoms with Gasteiger partial charge in [-0.25, -0.2) is 0 Å². The summed E-state index contributed by atoms with van der Waals surface area (Å²) in [5.74, 6) is 0.495. The van der Waals surface area contributed by atoms with Crippen LogP contribution in [0.1, 0.15) is 23.5 Å². The Hall–Kier alpha value is -2.69. The second-order valence-corrected chi connectivity index (χ2v) is 7.99. The first-order chi connectivity index (χ1) is 14.0. The maximum atomic E-state index is 11.0. The molecule has 0 bridgehead atoms. The third-order valence-electron chi connectivity index (χ3n) is 4.91. The van der Waals surface area contributed by atoms with Gasteiger partial charge in [-0.1, -0.05) is 47.5 Å². The molecular formula is C23H19Cl2NO3. The van der Waals surface area contributed by atoms with Crippen LogP contribution in [-0.2, 0) is 11.3 Å². The predicted molar refractivity (Wildman–Crippen MR) is 115 cm³/mol. The Bertz CT molecular complexity index is 1020. The van der Waals surface area contributed by atoms with Crippen LogP contribution in [0.4, 0.5) is 5.69 Å². The van der Waals surface area contributed by atoms with E-state index in [0.29, 0.717) is 28.1 Å². The van der Waals surface area contributed by atoms with Crippen molar-refractivity contribution in [3.63, 3.8) is 0 Å². The molecule has 1 aliphatic carbocycles. The number of hydrogen-bond donors (Lipinski definition) is 2. The maximum Gasteiger partial charge on any atom is 0.307 e. The maximum absolute atomic E-state index is 11.0. The van der Waals surface area contributed by atoms with Crippen LogP contribution in [0, 0.1) is 5.92 Å². The molecule has 0 heterocycles. The van der Waals surface area contributed by atoms with Gasteiger partial charge in [-0.3, -0.25) is 4.79 Å². The molecule has 1 aliphatic rings. The fourth-order valence-electron chi connectivity index (χ4n) is 3.33. The van der Waals surface area contributed by atoms with Gasteiger partial charge in [0.25, 0.3) is 0 Å². The molecule has 0 aliphatic heterocycles. The summed E-state index contributed by atoms with van der Waals surface area (Å²) in [7, 11) is 0. The lowest BCUT2D eigenvalue weighted by molar-refractivity contribution is -0.138. The molecule has 0 saturated heterocycles. The topological polar surface area (TPSA) is 58.6 Å². The van der Waals surface area contributed by atoms with Gasteiger partial charge >= 0.3 is 5.97 Å². The van der Waals surface area contributed by atoms with E-state index in [9.17, 15) is 4.79 Å². The van der Waals surface area contributed by atoms with Crippen LogP contribution < -0.4 is 10.1 Å². The number of halogens is 2. The van der Waals surface area contributed by atoms with Crippen LogP contribution in [0.15, 0.2) is 66.7 Å². The molecule has 2 atom stereocenters. The molecular weight excluding hydrogens is 409 g/mol. The number of anilines is 1. The number of carboxylic acids is 1. The first-order valence-corrected chi connectivity index (χ1v) is 10.0. The van der Waals surface area contributed by atoms with Crippen LogP contribution in [0.3, 0.4) is 0 Å². The van der Waals surface area contributed by atoms with Crippen LogP contribution >= 0.6 is 23.2 Å². The average molecular weight is 428 g/mol. The first-order valence-electron chi connectivity index (χ1n) is 9.27. The van der Waals surface area contributed by atoms with Gasteiger partial charge < -0.3 is 15.2 Å². The van der Waals surface area contributed by atoms with Gasteiger partial charge in [0.15, 0.2) is 0 Å². The summed E-state index contributed by atoms with van der Waals surface area (Å²) in [6, 6.07) is 20.8. The lowest BCUT2D eigenvalue weighted by atomic mass is 10.1. The van der Waals surface area contributed by atoms with Crippen molar-refractivity contribution in [3.8, 4) is 11.5 Å². The van der Waals surface area contributed by atoms with Gasteiger partial charge in [-0.2, -0.15) is 0 Å². The predicted octanol–water partition coefficient (Wildman–Crippen LogP) is 6.59. The number of rotatable bonds is 7. The molecule has 4 nitrogen and oxygen atoms in total. The van der Waals surface area contributed by atoms with Gasteiger partial charge in [0.2, 0.25) is 0 Å². The van der Waals surface area contributed by atoms with Crippen molar-refractivity contribution in [2.75, 3.05) is 5.32 Å². The molecule has 0 amide bonds. The highest BCUT2D eigenvalue weighted by Gasteiger charge is 2.43. The molecule has 29 heavy (non-hydrogen) atoms. The highest BCUT2D eigenvalue weighted by molar-refractivity contribution is 6.34. The van der Waals surface area contributed by atoms with E-state index in [4.69, 9.17) is 33.0 Å². The van der Waals surface area contributed by atoms with Crippen molar-refractivity contribution in [1.29, 1.82) is 0 Å². The highest BCUT2D eigenvalue weighted by Crippen LogP contribution is 2.47. The fraction of sp³-hybridized carbons (Fsp3) is 0.174. The van der Waals surface area contributed by atoms with Gasteiger partial charge in [-0.05, 0) is 65.9 Å². The normalized spacial score (nSPS) is 17.6. The lowest BCUT2D eigenvalue weighted by Gasteiger charge is -2.10. The van der Waals surface area contributed by atoms with E-state index < -0.39 is 5.97 Å². The van der Waals surface area contributed by atoms with E-state index in [-0.39, 0.29) is 11.8 Å². The van der Waals surface area contributed by atoms with Crippen LogP contribution in [0.25, 0.3) is 0 Å². The van der Waals surface area contributed by atoms with E-state index in [2.05, 4.69) is 5.32 Å². The molecule has 3 aromatic rings. The minimum atomic E-state index is -0.709. The minimum absolute atomic E-state index is 0.148. The summed E-state index contributed by atoms with van der Waals surface area (Å²) in [4.78, 5) is 11.0. The minimum Gasteiger partial charge on any atom is -0.481 e. The molecule has 148 valence electrons. The number of aliphatic carboxylic acids is 1. The Morgan fingerprint density at radius 1 is 1.00 bits per heavy atom. The molecule has 2 N–H and O–H groups in total. The molecule has 0 aromatic heterocycles. The molecule has 1 fully saturated rings. The zero-order chi connectivity index (χ0) is 20.4. The number of carbonyl (C=O) groups is 1. The Balaban J connectivity index is 1.36. The smallest absolute Gasteiger partial charge is 0.307 e. The number of ether oxygens (including phenoxy) is 1. The second kappa shape index (κ2) is 8.36. The number of hydrogen-bond acceptors (Lipinski definition) is 3. The molecule has 4 rings (SSSR count). The lowest BCUT2D eigenvalue weighted by Crippen LogP contribution is -2.00. The summed E-state index contributed by atoms with van der Waals surface area (Å²) in [6.45, 7) is 0.633. The molecule has 2 unspecified atom stereocenters. The largest absolute Gasteiger partial charge is 0.481 e. The zero-order valence-corrected chi connectivity index (χ0v) is 17.0. The highest BCUT2D eigenvalue weighted by atomic mass is 35.5. The second-order valence-electron chi connectivity index (χ2n) is 7.12. The van der Waals surface area contributed by atoms with Gasteiger partial charge in [0.1, 0.15) is 11.5 Å². The monoisotopic (exact) mass is 427 g/mol. The van der Waals surface area contributed by atoms with Crippen molar-refractivity contribution in [2.24, 2.45) is 5.92 Å². The SMILES string of the molecule is O=C(O)C1CC1c1ccc(NCc2cccc(Oc3cc(Cl)cc(Cl)c3)c2)cc1. The zero-order valence-electron chi connectivity index (χ0n) is 15.4. The number of benzene rings is 3.